The molecule has 0 bridgehead atoms. The third-order valence-corrected chi connectivity index (χ3v) is 0. The van der Waals surface area contributed by atoms with Crippen molar-refractivity contribution >= 4 is 8.25 Å². The Morgan fingerprint density at radius 3 is 1.50 bits per heavy atom. The summed E-state index contributed by atoms with van der Waals surface area (Å²) in [4.78, 5) is 14.3. The molecule has 0 saturated heterocycles. The summed E-state index contributed by atoms with van der Waals surface area (Å²) in [7, 11) is -3.13. The van der Waals surface area contributed by atoms with Crippen LogP contribution in [0.5, 0.6) is 0 Å². The van der Waals surface area contributed by atoms with Crippen LogP contribution >= 0.6 is 8.25 Å². The van der Waals surface area contributed by atoms with Gasteiger partial charge in [0.15, 0.2) is 0 Å². The first-order valence-corrected chi connectivity index (χ1v) is 1.95. The molecule has 30 valence electrons. The van der Waals surface area contributed by atoms with Crippen molar-refractivity contribution in [3.8, 4) is 0 Å². The van der Waals surface area contributed by atoms with Gasteiger partial charge in [0.25, 0.3) is 0 Å². The first-order valence-electron chi connectivity index (χ1n) is 0.651. The molecule has 0 aromatic heterocycles. The first-order chi connectivity index (χ1) is 1.73. The minimum absolute atomic E-state index is 0. The van der Waals surface area contributed by atoms with Crippen LogP contribution in [0.3, 0.4) is 0 Å². The molecule has 0 saturated carbocycles. The van der Waals surface area contributed by atoms with Gasteiger partial charge in [0.1, 0.15) is 0 Å². The molecule has 0 aliphatic carbocycles. The monoisotopic (exact) mass is 170 g/mol. The van der Waals surface area contributed by atoms with Crippen LogP contribution in [0.2, 0.25) is 0 Å². The molecule has 0 rings (SSSR count). The van der Waals surface area contributed by atoms with Crippen molar-refractivity contribution in [1.29, 1.82) is 0 Å². The largest absolute Gasteiger partial charge is 1.00 e. The Bertz CT molecular complexity index is 37.9. The van der Waals surface area contributed by atoms with Crippen LogP contribution in [-0.2, 0) is 24.0 Å². The fourth-order valence-corrected chi connectivity index (χ4v) is 0. The second kappa shape index (κ2) is 9.91. The van der Waals surface area contributed by atoms with Gasteiger partial charge in [-0.3, -0.25) is 4.57 Å². The van der Waals surface area contributed by atoms with Crippen LogP contribution in [0.4, 0.5) is 0 Å². The molecular formula is H4NaO3PZn. The smallest absolute Gasteiger partial charge is 1.00 e. The van der Waals surface area contributed by atoms with Gasteiger partial charge in [-0.1, -0.05) is 0 Å². The molecule has 0 fully saturated rings. The summed E-state index contributed by atoms with van der Waals surface area (Å²) in [6.45, 7) is 0. The van der Waals surface area contributed by atoms with E-state index in [-0.39, 0.29) is 50.5 Å². The van der Waals surface area contributed by atoms with Crippen molar-refractivity contribution < 1.29 is 64.8 Å². The summed E-state index contributed by atoms with van der Waals surface area (Å²) < 4.78 is 8.74. The van der Waals surface area contributed by atoms with Crippen molar-refractivity contribution in [2.75, 3.05) is 0 Å². The summed E-state index contributed by atoms with van der Waals surface area (Å²) in [6, 6.07) is 0. The molecule has 2 N–H and O–H groups in total. The molecule has 0 radical (unpaired) electrons. The van der Waals surface area contributed by atoms with Crippen LogP contribution in [0.25, 0.3) is 0 Å². The van der Waals surface area contributed by atoms with E-state index >= 15 is 0 Å². The van der Waals surface area contributed by atoms with Crippen LogP contribution in [0, 0.1) is 0 Å². The van der Waals surface area contributed by atoms with E-state index in [0.717, 1.165) is 0 Å². The molecule has 0 aromatic rings. The van der Waals surface area contributed by atoms with Crippen LogP contribution in [0.1, 0.15) is 1.43 Å². The maximum absolute atomic E-state index is 8.74. The Kier molecular flexibility index (Phi) is 25.8. The average molecular weight is 171 g/mol. The predicted molar refractivity (Wildman–Crippen MR) is 14.6 cm³/mol. The Labute approximate surface area is 72.6 Å². The second-order valence-electron chi connectivity index (χ2n) is 0.283. The van der Waals surface area contributed by atoms with E-state index in [0.29, 0.717) is 0 Å². The Hall–Kier alpha value is 1.77. The Morgan fingerprint density at radius 1 is 1.50 bits per heavy atom. The van der Waals surface area contributed by atoms with Crippen molar-refractivity contribution in [2.45, 2.75) is 0 Å². The van der Waals surface area contributed by atoms with Gasteiger partial charge < -0.3 is 11.2 Å². The molecule has 0 spiro atoms. The summed E-state index contributed by atoms with van der Waals surface area (Å²) in [5, 5.41) is 0. The van der Waals surface area contributed by atoms with Gasteiger partial charge in [0.05, 0.1) is 0 Å². The van der Waals surface area contributed by atoms with Crippen LogP contribution < -0.4 is 29.6 Å². The zero-order valence-corrected chi connectivity index (χ0v) is 9.48. The second-order valence-corrected chi connectivity index (χ2v) is 0.848. The molecule has 0 aliphatic rings. The van der Waals surface area contributed by atoms with E-state index in [1.165, 1.54) is 0 Å². The average Bonchev–Trinajstić information content (AvgIpc) is 0.811. The maximum atomic E-state index is 8.74. The fourth-order valence-electron chi connectivity index (χ4n) is 0. The summed E-state index contributed by atoms with van der Waals surface area (Å²) in [5.41, 5.74) is 0. The number of hydrogen-bond acceptors (Lipinski definition) is 1. The molecular weight excluding hydrogens is 167 g/mol. The summed E-state index contributed by atoms with van der Waals surface area (Å²) in [5.74, 6) is 0. The molecule has 0 amide bonds. The van der Waals surface area contributed by atoms with E-state index in [9.17, 15) is 0 Å². The zero-order valence-electron chi connectivity index (χ0n) is 4.51. The third-order valence-electron chi connectivity index (χ3n) is 0. The van der Waals surface area contributed by atoms with Gasteiger partial charge >= 0.3 is 37.8 Å². The standard InChI is InChI=1S/Na.H3O3P.Zn.H/c;1-4(2)3;;/h;4H,(H2,1,2,3);;/q+1;;;-1. The van der Waals surface area contributed by atoms with E-state index in [1.54, 1.807) is 0 Å². The molecule has 0 heterocycles. The quantitative estimate of drug-likeness (QED) is 0.293. The van der Waals surface area contributed by atoms with E-state index in [2.05, 4.69) is 0 Å². The molecule has 6 heavy (non-hydrogen) atoms. The summed E-state index contributed by atoms with van der Waals surface area (Å²) >= 11 is 0. The van der Waals surface area contributed by atoms with E-state index in [1.807, 2.05) is 0 Å². The molecule has 0 atom stereocenters. The van der Waals surface area contributed by atoms with Crippen molar-refractivity contribution in [3.05, 3.63) is 0 Å². The van der Waals surface area contributed by atoms with Gasteiger partial charge in [-0.25, -0.2) is 0 Å². The zero-order chi connectivity index (χ0) is 3.58. The third kappa shape index (κ3) is 41.8. The molecule has 6 heteroatoms. The van der Waals surface area contributed by atoms with E-state index in [4.69, 9.17) is 14.4 Å². The minimum Gasteiger partial charge on any atom is -1.00 e. The summed E-state index contributed by atoms with van der Waals surface area (Å²) in [6.07, 6.45) is 0. The van der Waals surface area contributed by atoms with E-state index < -0.39 is 8.25 Å². The topological polar surface area (TPSA) is 57.5 Å². The van der Waals surface area contributed by atoms with Gasteiger partial charge in [0, 0.05) is 19.5 Å². The number of rotatable bonds is 0. The van der Waals surface area contributed by atoms with Gasteiger partial charge in [-0.2, -0.15) is 0 Å². The van der Waals surface area contributed by atoms with Crippen molar-refractivity contribution in [3.63, 3.8) is 0 Å². The molecule has 0 aromatic carbocycles. The first kappa shape index (κ1) is 15.7. The minimum atomic E-state index is -3.13. The van der Waals surface area contributed by atoms with Gasteiger partial charge in [0.2, 0.25) is 0 Å². The van der Waals surface area contributed by atoms with Crippen molar-refractivity contribution in [2.24, 2.45) is 0 Å². The molecule has 3 nitrogen and oxygen atoms in total. The fraction of sp³-hybridized carbons (Fsp3) is 0. The molecule has 0 unspecified atom stereocenters. The predicted octanol–water partition coefficient (Wildman–Crippen LogP) is -3.53. The van der Waals surface area contributed by atoms with Crippen LogP contribution in [-0.4, -0.2) is 9.79 Å². The molecule has 0 aliphatic heterocycles. The van der Waals surface area contributed by atoms with Gasteiger partial charge in [-0.05, 0) is 0 Å². The number of hydrogen-bond donors (Lipinski definition) is 2. The van der Waals surface area contributed by atoms with Gasteiger partial charge in [-0.15, -0.1) is 0 Å². The van der Waals surface area contributed by atoms with Crippen molar-refractivity contribution in [1.82, 2.24) is 0 Å². The van der Waals surface area contributed by atoms with Crippen LogP contribution in [0.15, 0.2) is 0 Å². The maximum Gasteiger partial charge on any atom is 1.00 e. The Morgan fingerprint density at radius 2 is 1.50 bits per heavy atom. The Balaban J connectivity index is -0.0000000150. The normalized spacial score (nSPS) is 5.83. The SMILES string of the molecule is O=[PH](O)O.[H-].[Na+].[Zn].